The van der Waals surface area contributed by atoms with Crippen LogP contribution < -0.4 is 0 Å². The number of nitrogens with zero attached hydrogens (tertiary/aromatic N) is 1. The predicted octanol–water partition coefficient (Wildman–Crippen LogP) is 0.823. The molecule has 1 atom stereocenters. The Balaban J connectivity index is 4.53. The zero-order chi connectivity index (χ0) is 12.6. The van der Waals surface area contributed by atoms with Gasteiger partial charge >= 0.3 is 11.9 Å². The number of rotatable bonds is 7. The van der Waals surface area contributed by atoms with Crippen molar-refractivity contribution in [2.75, 3.05) is 26.8 Å². The van der Waals surface area contributed by atoms with E-state index in [1.54, 1.807) is 6.92 Å². The Morgan fingerprint density at radius 3 is 2.12 bits per heavy atom. The van der Waals surface area contributed by atoms with E-state index in [-0.39, 0.29) is 12.4 Å². The van der Waals surface area contributed by atoms with E-state index in [9.17, 15) is 9.59 Å². The van der Waals surface area contributed by atoms with Gasteiger partial charge in [-0.2, -0.15) is 0 Å². The average Bonchev–Trinajstić information content (AvgIpc) is 2.28. The zero-order valence-electron chi connectivity index (χ0n) is 10.5. The summed E-state index contributed by atoms with van der Waals surface area (Å²) in [6.07, 6.45) is 0.0438. The molecular formula is C11H21NO4. The van der Waals surface area contributed by atoms with Gasteiger partial charge < -0.3 is 9.47 Å². The average molecular weight is 231 g/mol. The highest BCUT2D eigenvalue weighted by Gasteiger charge is 2.27. The molecule has 0 aliphatic heterocycles. The van der Waals surface area contributed by atoms with Gasteiger partial charge in [-0.1, -0.05) is 13.8 Å². The molecule has 94 valence electrons. The maximum Gasteiger partial charge on any atom is 0.323 e. The number of likely N-dealkylation sites (N-methyl/N-ethyl adjacent to an activating group) is 1. The minimum atomic E-state index is -0.543. The minimum absolute atomic E-state index is 0.0438. The van der Waals surface area contributed by atoms with Crippen molar-refractivity contribution in [2.45, 2.75) is 33.2 Å². The Morgan fingerprint density at radius 2 is 1.75 bits per heavy atom. The second-order valence-corrected chi connectivity index (χ2v) is 3.27. The molecule has 16 heavy (non-hydrogen) atoms. The summed E-state index contributed by atoms with van der Waals surface area (Å²) >= 11 is 0. The fourth-order valence-corrected chi connectivity index (χ4v) is 1.54. The first-order valence-electron chi connectivity index (χ1n) is 5.58. The quantitative estimate of drug-likeness (QED) is 0.607. The first-order chi connectivity index (χ1) is 7.60. The zero-order valence-corrected chi connectivity index (χ0v) is 10.5. The molecule has 0 rings (SSSR count). The van der Waals surface area contributed by atoms with Crippen LogP contribution >= 0.6 is 0 Å². The van der Waals surface area contributed by atoms with Gasteiger partial charge in [0, 0.05) is 0 Å². The first-order valence-corrected chi connectivity index (χ1v) is 5.58. The highest BCUT2D eigenvalue weighted by atomic mass is 16.5. The molecule has 0 saturated carbocycles. The van der Waals surface area contributed by atoms with Crippen LogP contribution in [0.25, 0.3) is 0 Å². The lowest BCUT2D eigenvalue weighted by Crippen LogP contribution is -2.43. The molecule has 0 fully saturated rings. The van der Waals surface area contributed by atoms with E-state index in [0.29, 0.717) is 19.7 Å². The molecule has 5 nitrogen and oxygen atoms in total. The molecular weight excluding hydrogens is 210 g/mol. The highest BCUT2D eigenvalue weighted by Crippen LogP contribution is 2.07. The number of carbonyl (C=O) groups is 2. The molecule has 0 heterocycles. The normalized spacial score (nSPS) is 12.3. The van der Waals surface area contributed by atoms with Crippen molar-refractivity contribution in [2.24, 2.45) is 0 Å². The van der Waals surface area contributed by atoms with Gasteiger partial charge in [-0.15, -0.1) is 0 Å². The summed E-state index contributed by atoms with van der Waals surface area (Å²) in [5.74, 6) is -0.762. The van der Waals surface area contributed by atoms with Gasteiger partial charge in [0.25, 0.3) is 0 Å². The monoisotopic (exact) mass is 231 g/mol. The number of methoxy groups -OCH3 is 1. The van der Waals surface area contributed by atoms with E-state index in [2.05, 4.69) is 4.74 Å². The Bertz CT molecular complexity index is 226. The van der Waals surface area contributed by atoms with Crippen molar-refractivity contribution in [3.63, 3.8) is 0 Å². The van der Waals surface area contributed by atoms with Crippen LogP contribution in [0.2, 0.25) is 0 Å². The van der Waals surface area contributed by atoms with Gasteiger partial charge in [0.15, 0.2) is 0 Å². The van der Waals surface area contributed by atoms with Crippen LogP contribution in [0.1, 0.15) is 27.2 Å². The largest absolute Gasteiger partial charge is 0.468 e. The molecule has 0 N–H and O–H groups in total. The number of carbonyl (C=O) groups excluding carboxylic acids is 2. The third-order valence-corrected chi connectivity index (χ3v) is 2.39. The Labute approximate surface area is 96.7 Å². The molecule has 5 heteroatoms. The molecule has 0 bridgehead atoms. The molecule has 0 aromatic rings. The molecule has 0 aliphatic carbocycles. The molecule has 0 amide bonds. The van der Waals surface area contributed by atoms with Gasteiger partial charge in [0.05, 0.1) is 20.1 Å². The maximum atomic E-state index is 11.5. The minimum Gasteiger partial charge on any atom is -0.468 e. The summed E-state index contributed by atoms with van der Waals surface area (Å²) in [6, 6.07) is -0.543. The van der Waals surface area contributed by atoms with Crippen LogP contribution in [-0.4, -0.2) is 49.7 Å². The van der Waals surface area contributed by atoms with Crippen LogP contribution in [-0.2, 0) is 19.1 Å². The van der Waals surface area contributed by atoms with E-state index in [0.717, 1.165) is 0 Å². The van der Waals surface area contributed by atoms with Crippen LogP contribution in [0, 0.1) is 0 Å². The van der Waals surface area contributed by atoms with Crippen LogP contribution in [0.4, 0.5) is 0 Å². The summed E-state index contributed by atoms with van der Waals surface area (Å²) < 4.78 is 9.52. The van der Waals surface area contributed by atoms with E-state index < -0.39 is 12.0 Å². The number of ether oxygens (including phenoxy) is 2. The molecule has 0 unspecified atom stereocenters. The third kappa shape index (κ3) is 4.61. The SMILES string of the molecule is CCOC(=O)C[C@@H](C(=O)OC)N(CC)CC. The molecule has 0 saturated heterocycles. The van der Waals surface area contributed by atoms with E-state index in [1.807, 2.05) is 18.7 Å². The van der Waals surface area contributed by atoms with Gasteiger partial charge in [0.1, 0.15) is 6.04 Å². The van der Waals surface area contributed by atoms with Gasteiger partial charge in [-0.25, -0.2) is 0 Å². The van der Waals surface area contributed by atoms with Crippen molar-refractivity contribution in [3.05, 3.63) is 0 Å². The summed E-state index contributed by atoms with van der Waals surface area (Å²) in [7, 11) is 1.32. The highest BCUT2D eigenvalue weighted by molar-refractivity contribution is 5.82. The number of hydrogen-bond acceptors (Lipinski definition) is 5. The number of esters is 2. The van der Waals surface area contributed by atoms with Crippen LogP contribution in [0.15, 0.2) is 0 Å². The lowest BCUT2D eigenvalue weighted by atomic mass is 10.1. The second kappa shape index (κ2) is 8.10. The number of hydrogen-bond donors (Lipinski definition) is 0. The standard InChI is InChI=1S/C11H21NO4/c1-5-12(6-2)9(11(14)15-4)8-10(13)16-7-3/h9H,5-8H2,1-4H3/t9-/m0/s1. The fourth-order valence-electron chi connectivity index (χ4n) is 1.54. The summed E-state index contributed by atoms with van der Waals surface area (Å²) in [6.45, 7) is 7.31. The van der Waals surface area contributed by atoms with E-state index in [1.165, 1.54) is 7.11 Å². The van der Waals surface area contributed by atoms with Gasteiger partial charge in [0.2, 0.25) is 0 Å². The van der Waals surface area contributed by atoms with Crippen molar-refractivity contribution in [3.8, 4) is 0 Å². The molecule has 0 aliphatic rings. The third-order valence-electron chi connectivity index (χ3n) is 2.39. The van der Waals surface area contributed by atoms with Crippen molar-refractivity contribution >= 4 is 11.9 Å². The van der Waals surface area contributed by atoms with Crippen molar-refractivity contribution in [1.29, 1.82) is 0 Å². The Kier molecular flexibility index (Phi) is 7.54. The maximum absolute atomic E-state index is 11.5. The summed E-state index contributed by atoms with van der Waals surface area (Å²) in [4.78, 5) is 24.8. The molecule has 0 aromatic carbocycles. The molecule has 0 aromatic heterocycles. The summed E-state index contributed by atoms with van der Waals surface area (Å²) in [5, 5.41) is 0. The van der Waals surface area contributed by atoms with Gasteiger partial charge in [-0.05, 0) is 20.0 Å². The van der Waals surface area contributed by atoms with Crippen molar-refractivity contribution in [1.82, 2.24) is 4.90 Å². The van der Waals surface area contributed by atoms with Crippen molar-refractivity contribution < 1.29 is 19.1 Å². The van der Waals surface area contributed by atoms with Crippen LogP contribution in [0.5, 0.6) is 0 Å². The predicted molar refractivity (Wildman–Crippen MR) is 60.0 cm³/mol. The first kappa shape index (κ1) is 14.9. The Hall–Kier alpha value is -1.10. The van der Waals surface area contributed by atoms with Crippen LogP contribution in [0.3, 0.4) is 0 Å². The fraction of sp³-hybridized carbons (Fsp3) is 0.818. The van der Waals surface area contributed by atoms with Gasteiger partial charge in [-0.3, -0.25) is 14.5 Å². The summed E-state index contributed by atoms with van der Waals surface area (Å²) in [5.41, 5.74) is 0. The molecule has 0 radical (unpaired) electrons. The molecule has 0 spiro atoms. The van der Waals surface area contributed by atoms with E-state index >= 15 is 0 Å². The Morgan fingerprint density at radius 1 is 1.19 bits per heavy atom. The topological polar surface area (TPSA) is 55.8 Å². The smallest absolute Gasteiger partial charge is 0.323 e. The lowest BCUT2D eigenvalue weighted by Gasteiger charge is -2.26. The van der Waals surface area contributed by atoms with E-state index in [4.69, 9.17) is 4.74 Å². The second-order valence-electron chi connectivity index (χ2n) is 3.27. The lowest BCUT2D eigenvalue weighted by molar-refractivity contribution is -0.154.